The Kier molecular flexibility index (Phi) is 5.11. The summed E-state index contributed by atoms with van der Waals surface area (Å²) in [5.41, 5.74) is 2.00. The zero-order chi connectivity index (χ0) is 18.9. The average Bonchev–Trinajstić information content (AvgIpc) is 3.02. The lowest BCUT2D eigenvalue weighted by Gasteiger charge is -2.45. The third-order valence-electron chi connectivity index (χ3n) is 6.11. The first-order valence-electron chi connectivity index (χ1n) is 9.74. The first kappa shape index (κ1) is 18.3. The maximum Gasteiger partial charge on any atom is 0.247 e. The fourth-order valence-corrected chi connectivity index (χ4v) is 4.75. The molecule has 2 aliphatic heterocycles. The van der Waals surface area contributed by atoms with Gasteiger partial charge in [-0.3, -0.25) is 9.69 Å². The molecule has 0 saturated carbocycles. The molecule has 1 spiro atoms. The standard InChI is InChI=1S/C22H26ClN3O/c1-2-20(17-8-10-18(23)11-9-17)25-14-12-22(13-15-25)21(27)24-16-26(22)19-6-4-3-5-7-19/h3-11,20H,2,12-16H2,1H3,(H,24,27)/t20-/m0/s1. The zero-order valence-corrected chi connectivity index (χ0v) is 16.5. The van der Waals surface area contributed by atoms with Crippen molar-refractivity contribution in [3.05, 3.63) is 65.2 Å². The Morgan fingerprint density at radius 1 is 1.07 bits per heavy atom. The fourth-order valence-electron chi connectivity index (χ4n) is 4.63. The number of piperidine rings is 1. The van der Waals surface area contributed by atoms with Crippen molar-refractivity contribution >= 4 is 23.2 Å². The Labute approximate surface area is 166 Å². The smallest absolute Gasteiger partial charge is 0.247 e. The van der Waals surface area contributed by atoms with E-state index >= 15 is 0 Å². The molecule has 5 heteroatoms. The fraction of sp³-hybridized carbons (Fsp3) is 0.409. The lowest BCUT2D eigenvalue weighted by Crippen LogP contribution is -2.56. The van der Waals surface area contributed by atoms with E-state index in [9.17, 15) is 4.79 Å². The SMILES string of the molecule is CC[C@@H](c1ccc(Cl)cc1)N1CCC2(CC1)C(=O)NCN2c1ccccc1. The molecule has 2 aromatic rings. The minimum Gasteiger partial charge on any atom is -0.339 e. The second kappa shape index (κ2) is 7.53. The molecule has 2 heterocycles. The molecule has 0 aliphatic carbocycles. The summed E-state index contributed by atoms with van der Waals surface area (Å²) in [5, 5.41) is 3.85. The summed E-state index contributed by atoms with van der Waals surface area (Å²) in [5.74, 6) is 0.172. The number of halogens is 1. The predicted octanol–water partition coefficient (Wildman–Crippen LogP) is 4.22. The minimum atomic E-state index is -0.420. The summed E-state index contributed by atoms with van der Waals surface area (Å²) < 4.78 is 0. The highest BCUT2D eigenvalue weighted by Gasteiger charge is 2.50. The van der Waals surface area contributed by atoms with Gasteiger partial charge in [-0.15, -0.1) is 0 Å². The molecule has 4 rings (SSSR count). The topological polar surface area (TPSA) is 35.6 Å². The lowest BCUT2D eigenvalue weighted by atomic mass is 9.84. The van der Waals surface area contributed by atoms with Crippen LogP contribution in [0.25, 0.3) is 0 Å². The van der Waals surface area contributed by atoms with Gasteiger partial charge in [0.2, 0.25) is 5.91 Å². The summed E-state index contributed by atoms with van der Waals surface area (Å²) in [6.45, 7) is 4.65. The summed E-state index contributed by atoms with van der Waals surface area (Å²) in [6, 6.07) is 18.8. The summed E-state index contributed by atoms with van der Waals surface area (Å²) in [4.78, 5) is 17.6. The van der Waals surface area contributed by atoms with E-state index < -0.39 is 5.54 Å². The van der Waals surface area contributed by atoms with Crippen LogP contribution < -0.4 is 10.2 Å². The van der Waals surface area contributed by atoms with Gasteiger partial charge in [0.05, 0.1) is 6.67 Å². The van der Waals surface area contributed by atoms with Gasteiger partial charge < -0.3 is 10.2 Å². The maximum atomic E-state index is 12.8. The second-order valence-electron chi connectivity index (χ2n) is 7.47. The van der Waals surface area contributed by atoms with Crippen molar-refractivity contribution in [1.82, 2.24) is 10.2 Å². The van der Waals surface area contributed by atoms with Crippen LogP contribution >= 0.6 is 11.6 Å². The highest BCUT2D eigenvalue weighted by Crippen LogP contribution is 2.38. The number of rotatable bonds is 4. The Morgan fingerprint density at radius 2 is 1.74 bits per heavy atom. The van der Waals surface area contributed by atoms with E-state index in [1.165, 1.54) is 5.56 Å². The van der Waals surface area contributed by atoms with Gasteiger partial charge >= 0.3 is 0 Å². The van der Waals surface area contributed by atoms with Crippen LogP contribution in [-0.4, -0.2) is 36.1 Å². The first-order chi connectivity index (χ1) is 13.1. The molecule has 27 heavy (non-hydrogen) atoms. The summed E-state index contributed by atoms with van der Waals surface area (Å²) >= 11 is 6.05. The van der Waals surface area contributed by atoms with Gasteiger partial charge in [0, 0.05) is 29.8 Å². The van der Waals surface area contributed by atoms with E-state index in [-0.39, 0.29) is 5.91 Å². The zero-order valence-electron chi connectivity index (χ0n) is 15.7. The van der Waals surface area contributed by atoms with Crippen LogP contribution in [0.2, 0.25) is 5.02 Å². The molecular weight excluding hydrogens is 358 g/mol. The molecule has 1 amide bonds. The van der Waals surface area contributed by atoms with Gasteiger partial charge in [0.1, 0.15) is 5.54 Å². The van der Waals surface area contributed by atoms with Crippen LogP contribution in [0, 0.1) is 0 Å². The molecule has 0 bridgehead atoms. The van der Waals surface area contributed by atoms with Gasteiger partial charge in [-0.2, -0.15) is 0 Å². The number of hydrogen-bond acceptors (Lipinski definition) is 3. The van der Waals surface area contributed by atoms with E-state index in [1.54, 1.807) is 0 Å². The van der Waals surface area contributed by atoms with Crippen molar-refractivity contribution in [3.8, 4) is 0 Å². The molecule has 2 aliphatic rings. The molecule has 2 saturated heterocycles. The number of nitrogens with zero attached hydrogens (tertiary/aromatic N) is 2. The third kappa shape index (κ3) is 3.32. The lowest BCUT2D eigenvalue weighted by molar-refractivity contribution is -0.125. The molecule has 2 fully saturated rings. The number of para-hydroxylation sites is 1. The Morgan fingerprint density at radius 3 is 2.37 bits per heavy atom. The first-order valence-corrected chi connectivity index (χ1v) is 10.1. The third-order valence-corrected chi connectivity index (χ3v) is 6.36. The number of carbonyl (C=O) groups is 1. The largest absolute Gasteiger partial charge is 0.339 e. The normalized spacial score (nSPS) is 20.7. The van der Waals surface area contributed by atoms with Gasteiger partial charge in [0.25, 0.3) is 0 Å². The van der Waals surface area contributed by atoms with Crippen molar-refractivity contribution in [2.45, 2.75) is 37.8 Å². The van der Waals surface area contributed by atoms with Crippen LogP contribution in [0.4, 0.5) is 5.69 Å². The minimum absolute atomic E-state index is 0.172. The number of carbonyl (C=O) groups excluding carboxylic acids is 1. The molecule has 0 unspecified atom stereocenters. The number of amides is 1. The molecule has 4 nitrogen and oxygen atoms in total. The molecule has 1 atom stereocenters. The van der Waals surface area contributed by atoms with Crippen molar-refractivity contribution < 1.29 is 4.79 Å². The second-order valence-corrected chi connectivity index (χ2v) is 7.91. The monoisotopic (exact) mass is 383 g/mol. The van der Waals surface area contributed by atoms with Gasteiger partial charge in [-0.25, -0.2) is 0 Å². The van der Waals surface area contributed by atoms with Crippen molar-refractivity contribution in [2.24, 2.45) is 0 Å². The van der Waals surface area contributed by atoms with Crippen molar-refractivity contribution in [2.75, 3.05) is 24.7 Å². The van der Waals surface area contributed by atoms with E-state index in [0.717, 1.165) is 43.1 Å². The van der Waals surface area contributed by atoms with Gasteiger partial charge in [-0.1, -0.05) is 48.9 Å². The number of anilines is 1. The maximum absolute atomic E-state index is 12.8. The summed E-state index contributed by atoms with van der Waals surface area (Å²) in [6.07, 6.45) is 2.73. The van der Waals surface area contributed by atoms with Crippen LogP contribution in [0.15, 0.2) is 54.6 Å². The molecule has 0 radical (unpaired) electrons. The number of nitrogens with one attached hydrogen (secondary N) is 1. The molecule has 0 aromatic heterocycles. The number of likely N-dealkylation sites (tertiary alicyclic amines) is 1. The molecular formula is C22H26ClN3O. The Bertz CT molecular complexity index is 785. The van der Waals surface area contributed by atoms with E-state index in [1.807, 2.05) is 30.3 Å². The quantitative estimate of drug-likeness (QED) is 0.858. The molecule has 2 aromatic carbocycles. The molecule has 1 N–H and O–H groups in total. The highest BCUT2D eigenvalue weighted by molar-refractivity contribution is 6.30. The Balaban J connectivity index is 1.53. The highest BCUT2D eigenvalue weighted by atomic mass is 35.5. The molecule has 142 valence electrons. The Hall–Kier alpha value is -2.04. The van der Waals surface area contributed by atoms with Crippen LogP contribution in [0.3, 0.4) is 0 Å². The van der Waals surface area contributed by atoms with Crippen molar-refractivity contribution in [3.63, 3.8) is 0 Å². The van der Waals surface area contributed by atoms with Crippen LogP contribution in [0.5, 0.6) is 0 Å². The van der Waals surface area contributed by atoms with Crippen LogP contribution in [-0.2, 0) is 4.79 Å². The van der Waals surface area contributed by atoms with E-state index in [0.29, 0.717) is 12.7 Å². The van der Waals surface area contributed by atoms with Crippen molar-refractivity contribution in [1.29, 1.82) is 0 Å². The number of benzene rings is 2. The van der Waals surface area contributed by atoms with Crippen LogP contribution in [0.1, 0.15) is 37.8 Å². The van der Waals surface area contributed by atoms with Gasteiger partial charge in [0.15, 0.2) is 0 Å². The average molecular weight is 384 g/mol. The summed E-state index contributed by atoms with van der Waals surface area (Å²) in [7, 11) is 0. The number of hydrogen-bond donors (Lipinski definition) is 1. The predicted molar refractivity (Wildman–Crippen MR) is 110 cm³/mol. The van der Waals surface area contributed by atoms with E-state index in [4.69, 9.17) is 11.6 Å². The van der Waals surface area contributed by atoms with E-state index in [2.05, 4.69) is 46.3 Å². The van der Waals surface area contributed by atoms with Gasteiger partial charge in [-0.05, 0) is 49.1 Å².